The lowest BCUT2D eigenvalue weighted by Crippen LogP contribution is -2.49. The van der Waals surface area contributed by atoms with E-state index in [-0.39, 0.29) is 35.9 Å². The number of aryl methyl sites for hydroxylation is 1. The van der Waals surface area contributed by atoms with E-state index in [1.54, 1.807) is 4.90 Å². The Morgan fingerprint density at radius 3 is 2.34 bits per heavy atom. The maximum Gasteiger partial charge on any atom is 0.227 e. The third-order valence-corrected chi connectivity index (χ3v) is 7.97. The topological polar surface area (TPSA) is 101 Å². The van der Waals surface area contributed by atoms with Gasteiger partial charge in [0, 0.05) is 32.1 Å². The number of benzene rings is 1. The van der Waals surface area contributed by atoms with Crippen molar-refractivity contribution in [1.29, 1.82) is 0 Å². The molecule has 2 aliphatic rings. The predicted molar refractivity (Wildman–Crippen MR) is 111 cm³/mol. The number of likely N-dealkylation sites (tertiary alicyclic amines) is 1. The van der Waals surface area contributed by atoms with Gasteiger partial charge < -0.3 is 10.6 Å². The van der Waals surface area contributed by atoms with Gasteiger partial charge in [-0.1, -0.05) is 30.3 Å². The Morgan fingerprint density at radius 2 is 1.69 bits per heavy atom. The number of nitrogens with two attached hydrogens (primary N) is 1. The lowest BCUT2D eigenvalue weighted by molar-refractivity contribution is -0.139. The van der Waals surface area contributed by atoms with Crippen molar-refractivity contribution in [1.82, 2.24) is 9.21 Å². The maximum atomic E-state index is 12.9. The smallest absolute Gasteiger partial charge is 0.227 e. The Morgan fingerprint density at radius 1 is 1.00 bits per heavy atom. The van der Waals surface area contributed by atoms with E-state index in [1.807, 2.05) is 30.3 Å². The van der Waals surface area contributed by atoms with Gasteiger partial charge in [0.25, 0.3) is 0 Å². The first-order chi connectivity index (χ1) is 13.9. The molecule has 2 saturated heterocycles. The SMILES string of the molecule is NC(=O)C1CCN(C(=O)[C@H]2CCCN(S(=O)(=O)CCCc3ccccc3)C2)CC1. The molecule has 1 aromatic rings. The maximum absolute atomic E-state index is 12.9. The average Bonchev–Trinajstić information content (AvgIpc) is 2.74. The molecule has 3 rings (SSSR count). The van der Waals surface area contributed by atoms with Gasteiger partial charge in [-0.15, -0.1) is 0 Å². The fraction of sp³-hybridized carbons (Fsp3) is 0.619. The number of carbonyl (C=O) groups is 2. The second-order valence-corrected chi connectivity index (χ2v) is 10.2. The molecule has 160 valence electrons. The number of hydrogen-bond acceptors (Lipinski definition) is 4. The zero-order chi connectivity index (χ0) is 20.9. The summed E-state index contributed by atoms with van der Waals surface area (Å²) in [5.41, 5.74) is 6.49. The largest absolute Gasteiger partial charge is 0.369 e. The Kier molecular flexibility index (Phi) is 7.29. The zero-order valence-electron chi connectivity index (χ0n) is 16.8. The van der Waals surface area contributed by atoms with Crippen LogP contribution in [0.15, 0.2) is 30.3 Å². The molecular formula is C21H31N3O4S. The van der Waals surface area contributed by atoms with Gasteiger partial charge in [-0.3, -0.25) is 9.59 Å². The van der Waals surface area contributed by atoms with Gasteiger partial charge in [0.2, 0.25) is 21.8 Å². The Labute approximate surface area is 173 Å². The van der Waals surface area contributed by atoms with Gasteiger partial charge >= 0.3 is 0 Å². The average molecular weight is 422 g/mol. The second kappa shape index (κ2) is 9.71. The third-order valence-electron chi connectivity index (χ3n) is 6.05. The molecule has 0 spiro atoms. The molecule has 2 N–H and O–H groups in total. The van der Waals surface area contributed by atoms with Crippen molar-refractivity contribution in [3.05, 3.63) is 35.9 Å². The summed E-state index contributed by atoms with van der Waals surface area (Å²) in [6.45, 7) is 1.79. The van der Waals surface area contributed by atoms with E-state index in [1.165, 1.54) is 4.31 Å². The molecule has 0 bridgehead atoms. The van der Waals surface area contributed by atoms with E-state index in [0.717, 1.165) is 12.0 Å². The number of sulfonamides is 1. The van der Waals surface area contributed by atoms with Gasteiger partial charge in [0.15, 0.2) is 0 Å². The highest BCUT2D eigenvalue weighted by Crippen LogP contribution is 2.25. The van der Waals surface area contributed by atoms with Gasteiger partial charge in [-0.2, -0.15) is 0 Å². The molecule has 2 fully saturated rings. The molecule has 1 atom stereocenters. The molecule has 2 amide bonds. The number of piperidine rings is 2. The van der Waals surface area contributed by atoms with Crippen molar-refractivity contribution in [3.63, 3.8) is 0 Å². The minimum absolute atomic E-state index is 0.0112. The number of carbonyl (C=O) groups excluding carboxylic acids is 2. The first kappa shape index (κ1) is 21.8. The third kappa shape index (κ3) is 5.79. The van der Waals surface area contributed by atoms with Gasteiger partial charge in [-0.05, 0) is 44.1 Å². The molecule has 2 heterocycles. The van der Waals surface area contributed by atoms with Crippen LogP contribution in [0.5, 0.6) is 0 Å². The van der Waals surface area contributed by atoms with Crippen LogP contribution >= 0.6 is 0 Å². The van der Waals surface area contributed by atoms with E-state index in [9.17, 15) is 18.0 Å². The molecule has 29 heavy (non-hydrogen) atoms. The predicted octanol–water partition coefficient (Wildman–Crippen LogP) is 1.38. The lowest BCUT2D eigenvalue weighted by Gasteiger charge is -2.37. The van der Waals surface area contributed by atoms with Crippen molar-refractivity contribution < 1.29 is 18.0 Å². The Balaban J connectivity index is 1.51. The fourth-order valence-corrected chi connectivity index (χ4v) is 5.85. The van der Waals surface area contributed by atoms with Gasteiger partial charge in [0.05, 0.1) is 11.7 Å². The summed E-state index contributed by atoms with van der Waals surface area (Å²) in [7, 11) is -3.37. The summed E-state index contributed by atoms with van der Waals surface area (Å²) in [6.07, 6.45) is 3.90. The molecule has 0 aromatic heterocycles. The minimum Gasteiger partial charge on any atom is -0.369 e. The van der Waals surface area contributed by atoms with Crippen molar-refractivity contribution >= 4 is 21.8 Å². The van der Waals surface area contributed by atoms with Crippen LogP contribution in [0.4, 0.5) is 0 Å². The van der Waals surface area contributed by atoms with Crippen molar-refractivity contribution in [3.8, 4) is 0 Å². The van der Waals surface area contributed by atoms with Gasteiger partial charge in [-0.25, -0.2) is 12.7 Å². The van der Waals surface area contributed by atoms with Crippen LogP contribution in [-0.4, -0.2) is 61.4 Å². The molecule has 2 aliphatic heterocycles. The van der Waals surface area contributed by atoms with Crippen LogP contribution < -0.4 is 5.73 Å². The molecule has 0 radical (unpaired) electrons. The van der Waals surface area contributed by atoms with E-state index >= 15 is 0 Å². The van der Waals surface area contributed by atoms with Crippen LogP contribution in [0, 0.1) is 11.8 Å². The van der Waals surface area contributed by atoms with E-state index in [4.69, 9.17) is 5.73 Å². The fourth-order valence-electron chi connectivity index (χ4n) is 4.27. The van der Waals surface area contributed by atoms with Crippen LogP contribution in [-0.2, 0) is 26.0 Å². The van der Waals surface area contributed by atoms with Gasteiger partial charge in [0.1, 0.15) is 0 Å². The molecule has 8 heteroatoms. The van der Waals surface area contributed by atoms with Crippen LogP contribution in [0.1, 0.15) is 37.7 Å². The zero-order valence-corrected chi connectivity index (χ0v) is 17.6. The number of primary amides is 1. The molecule has 0 aliphatic carbocycles. The monoisotopic (exact) mass is 421 g/mol. The molecule has 7 nitrogen and oxygen atoms in total. The summed E-state index contributed by atoms with van der Waals surface area (Å²) < 4.78 is 27.1. The number of hydrogen-bond donors (Lipinski definition) is 1. The van der Waals surface area contributed by atoms with Crippen LogP contribution in [0.2, 0.25) is 0 Å². The van der Waals surface area contributed by atoms with E-state index in [2.05, 4.69) is 0 Å². The lowest BCUT2D eigenvalue weighted by atomic mass is 9.93. The van der Waals surface area contributed by atoms with Crippen molar-refractivity contribution in [2.75, 3.05) is 31.9 Å². The summed E-state index contributed by atoms with van der Waals surface area (Å²) in [6, 6.07) is 9.86. The molecular weight excluding hydrogens is 390 g/mol. The molecule has 0 saturated carbocycles. The number of rotatable bonds is 7. The highest BCUT2D eigenvalue weighted by molar-refractivity contribution is 7.89. The summed E-state index contributed by atoms with van der Waals surface area (Å²) in [5.74, 6) is -0.642. The molecule has 1 aromatic carbocycles. The van der Waals surface area contributed by atoms with E-state index < -0.39 is 10.0 Å². The Bertz CT molecular complexity index is 804. The molecule has 0 unspecified atom stereocenters. The van der Waals surface area contributed by atoms with Crippen molar-refractivity contribution in [2.24, 2.45) is 17.6 Å². The summed E-state index contributed by atoms with van der Waals surface area (Å²) in [4.78, 5) is 26.0. The first-order valence-electron chi connectivity index (χ1n) is 10.5. The van der Waals surface area contributed by atoms with Crippen LogP contribution in [0.25, 0.3) is 0 Å². The van der Waals surface area contributed by atoms with E-state index in [0.29, 0.717) is 51.7 Å². The van der Waals surface area contributed by atoms with Crippen molar-refractivity contribution in [2.45, 2.75) is 38.5 Å². The minimum atomic E-state index is -3.37. The first-order valence-corrected chi connectivity index (χ1v) is 12.1. The quantitative estimate of drug-likeness (QED) is 0.719. The van der Waals surface area contributed by atoms with Crippen LogP contribution in [0.3, 0.4) is 0 Å². The normalized spacial score (nSPS) is 21.8. The summed E-state index contributed by atoms with van der Waals surface area (Å²) >= 11 is 0. The standard InChI is InChI=1S/C21H31N3O4S/c22-20(25)18-10-13-23(14-11-18)21(26)19-9-4-12-24(16-19)29(27,28)15-5-8-17-6-2-1-3-7-17/h1-3,6-7,18-19H,4-5,8-16H2,(H2,22,25)/t19-/m0/s1. The number of amides is 2. The second-order valence-electron chi connectivity index (χ2n) is 8.10. The highest BCUT2D eigenvalue weighted by atomic mass is 32.2. The Hall–Kier alpha value is -1.93. The summed E-state index contributed by atoms with van der Waals surface area (Å²) in [5, 5.41) is 0. The number of nitrogens with zero attached hydrogens (tertiary/aromatic N) is 2. The highest BCUT2D eigenvalue weighted by Gasteiger charge is 2.35.